The molecule has 1 atom stereocenters. The van der Waals surface area contributed by atoms with Gasteiger partial charge >= 0.3 is 0 Å². The van der Waals surface area contributed by atoms with E-state index in [0.29, 0.717) is 0 Å². The third kappa shape index (κ3) is 4.46. The average molecular weight is 331 g/mol. The van der Waals surface area contributed by atoms with Gasteiger partial charge in [-0.1, -0.05) is 18.2 Å². The van der Waals surface area contributed by atoms with Crippen LogP contribution in [0.2, 0.25) is 0 Å². The molecular weight excluding hydrogens is 314 g/mol. The van der Waals surface area contributed by atoms with Gasteiger partial charge in [0.15, 0.2) is 0 Å². The lowest BCUT2D eigenvalue weighted by atomic mass is 10.2. The minimum Gasteiger partial charge on any atom is -0.374 e. The first-order valence-electron chi connectivity index (χ1n) is 6.96. The highest BCUT2D eigenvalue weighted by molar-refractivity contribution is 7.98. The lowest BCUT2D eigenvalue weighted by molar-refractivity contribution is -0.383. The molecule has 0 saturated carbocycles. The van der Waals surface area contributed by atoms with Gasteiger partial charge in [-0.05, 0) is 37.4 Å². The molecule has 0 unspecified atom stereocenters. The van der Waals surface area contributed by atoms with E-state index in [0.717, 1.165) is 10.6 Å². The Balaban J connectivity index is 2.07. The number of nitrogens with one attached hydrogen (secondary N) is 2. The lowest BCUT2D eigenvalue weighted by Gasteiger charge is -2.15. The summed E-state index contributed by atoms with van der Waals surface area (Å²) in [7, 11) is 0. The number of nitro groups is 1. The maximum Gasteiger partial charge on any atom is 0.292 e. The van der Waals surface area contributed by atoms with Crippen molar-refractivity contribution in [2.24, 2.45) is 0 Å². The molecule has 2 rings (SSSR count). The lowest BCUT2D eigenvalue weighted by Crippen LogP contribution is -2.32. The van der Waals surface area contributed by atoms with Gasteiger partial charge in [0, 0.05) is 16.6 Å². The molecule has 0 aromatic heterocycles. The number of rotatable bonds is 6. The summed E-state index contributed by atoms with van der Waals surface area (Å²) in [6.45, 7) is 1.70. The highest BCUT2D eigenvalue weighted by Gasteiger charge is 2.18. The Morgan fingerprint density at radius 1 is 1.22 bits per heavy atom. The van der Waals surface area contributed by atoms with Crippen molar-refractivity contribution in [1.82, 2.24) is 0 Å². The predicted octanol–water partition coefficient (Wildman–Crippen LogP) is 3.76. The Kier molecular flexibility index (Phi) is 5.59. The van der Waals surface area contributed by atoms with Gasteiger partial charge < -0.3 is 10.6 Å². The van der Waals surface area contributed by atoms with Gasteiger partial charge in [-0.3, -0.25) is 14.9 Å². The monoisotopic (exact) mass is 331 g/mol. The van der Waals surface area contributed by atoms with E-state index in [-0.39, 0.29) is 17.3 Å². The minimum absolute atomic E-state index is 0.127. The maximum atomic E-state index is 12.2. The first-order chi connectivity index (χ1) is 11.0. The van der Waals surface area contributed by atoms with Crippen molar-refractivity contribution in [1.29, 1.82) is 0 Å². The summed E-state index contributed by atoms with van der Waals surface area (Å²) in [6, 6.07) is 13.2. The topological polar surface area (TPSA) is 84.3 Å². The molecule has 0 heterocycles. The van der Waals surface area contributed by atoms with Crippen molar-refractivity contribution in [3.8, 4) is 0 Å². The van der Waals surface area contributed by atoms with Crippen LogP contribution in [0.15, 0.2) is 53.4 Å². The van der Waals surface area contributed by atoms with Crippen LogP contribution in [-0.2, 0) is 4.79 Å². The van der Waals surface area contributed by atoms with E-state index >= 15 is 0 Å². The predicted molar refractivity (Wildman–Crippen MR) is 93.0 cm³/mol. The molecule has 2 aromatic carbocycles. The van der Waals surface area contributed by atoms with Crippen LogP contribution in [0.1, 0.15) is 6.92 Å². The summed E-state index contributed by atoms with van der Waals surface area (Å²) in [4.78, 5) is 23.8. The molecular formula is C16H17N3O3S. The largest absolute Gasteiger partial charge is 0.374 e. The zero-order valence-electron chi connectivity index (χ0n) is 12.8. The zero-order valence-corrected chi connectivity index (χ0v) is 13.6. The van der Waals surface area contributed by atoms with Gasteiger partial charge in [0.1, 0.15) is 11.7 Å². The van der Waals surface area contributed by atoms with Gasteiger partial charge in [0.2, 0.25) is 5.91 Å². The minimum atomic E-state index is -0.535. The molecule has 6 nitrogen and oxygen atoms in total. The number of amides is 1. The Morgan fingerprint density at radius 3 is 2.65 bits per heavy atom. The Morgan fingerprint density at radius 2 is 1.96 bits per heavy atom. The first-order valence-corrected chi connectivity index (χ1v) is 8.18. The molecule has 0 aliphatic heterocycles. The van der Waals surface area contributed by atoms with Gasteiger partial charge in [-0.15, -0.1) is 11.8 Å². The number of hydrogen-bond donors (Lipinski definition) is 2. The average Bonchev–Trinajstić information content (AvgIpc) is 2.55. The molecule has 0 spiro atoms. The quantitative estimate of drug-likeness (QED) is 0.478. The van der Waals surface area contributed by atoms with Crippen molar-refractivity contribution >= 4 is 34.7 Å². The van der Waals surface area contributed by atoms with Crippen molar-refractivity contribution in [2.45, 2.75) is 17.9 Å². The second-order valence-electron chi connectivity index (χ2n) is 4.86. The molecule has 0 fully saturated rings. The zero-order chi connectivity index (χ0) is 16.8. The van der Waals surface area contributed by atoms with Crippen molar-refractivity contribution < 1.29 is 9.72 Å². The fraction of sp³-hybridized carbons (Fsp3) is 0.188. The summed E-state index contributed by atoms with van der Waals surface area (Å²) < 4.78 is 0. The number of anilines is 2. The second-order valence-corrected chi connectivity index (χ2v) is 5.74. The molecule has 0 radical (unpaired) electrons. The summed E-state index contributed by atoms with van der Waals surface area (Å²) >= 11 is 1.61. The van der Waals surface area contributed by atoms with E-state index < -0.39 is 11.0 Å². The molecule has 0 aliphatic rings. The first kappa shape index (κ1) is 16.8. The van der Waals surface area contributed by atoms with Crippen LogP contribution in [0.3, 0.4) is 0 Å². The van der Waals surface area contributed by atoms with Crippen LogP contribution < -0.4 is 10.6 Å². The second kappa shape index (κ2) is 7.64. The maximum absolute atomic E-state index is 12.2. The third-order valence-corrected chi connectivity index (χ3v) is 3.93. The normalized spacial score (nSPS) is 11.6. The van der Waals surface area contributed by atoms with Crippen LogP contribution in [0, 0.1) is 10.1 Å². The summed E-state index contributed by atoms with van der Waals surface area (Å²) in [5, 5.41) is 16.7. The smallest absolute Gasteiger partial charge is 0.292 e. The van der Waals surface area contributed by atoms with E-state index in [1.807, 2.05) is 30.5 Å². The van der Waals surface area contributed by atoms with Crippen molar-refractivity contribution in [2.75, 3.05) is 16.9 Å². The molecule has 0 bridgehead atoms. The van der Waals surface area contributed by atoms with Crippen LogP contribution >= 0.6 is 11.8 Å². The summed E-state index contributed by atoms with van der Waals surface area (Å²) in [5.41, 5.74) is 0.883. The fourth-order valence-corrected chi connectivity index (χ4v) is 2.47. The molecule has 1 amide bonds. The number of hydrogen-bond acceptors (Lipinski definition) is 5. The Hall–Kier alpha value is -2.54. The highest BCUT2D eigenvalue weighted by atomic mass is 32.2. The third-order valence-electron chi connectivity index (χ3n) is 3.20. The fourth-order valence-electron chi connectivity index (χ4n) is 2.01. The molecule has 2 aromatic rings. The number of benzene rings is 2. The van der Waals surface area contributed by atoms with E-state index in [9.17, 15) is 14.9 Å². The molecule has 23 heavy (non-hydrogen) atoms. The molecule has 2 N–H and O–H groups in total. The molecule has 120 valence electrons. The van der Waals surface area contributed by atoms with Gasteiger partial charge in [-0.2, -0.15) is 0 Å². The Bertz CT molecular complexity index is 721. The van der Waals surface area contributed by atoms with E-state index in [1.54, 1.807) is 30.8 Å². The van der Waals surface area contributed by atoms with Crippen LogP contribution in [-0.4, -0.2) is 23.1 Å². The number of thioether (sulfide) groups is 1. The number of carbonyl (C=O) groups is 1. The van der Waals surface area contributed by atoms with Crippen LogP contribution in [0.25, 0.3) is 0 Å². The number of para-hydroxylation sites is 2. The van der Waals surface area contributed by atoms with Gasteiger partial charge in [0.05, 0.1) is 4.92 Å². The number of nitro benzene ring substituents is 1. The molecule has 0 saturated heterocycles. The number of carbonyl (C=O) groups excluding carboxylic acids is 1. The van der Waals surface area contributed by atoms with Crippen LogP contribution in [0.5, 0.6) is 0 Å². The van der Waals surface area contributed by atoms with E-state index in [4.69, 9.17) is 0 Å². The van der Waals surface area contributed by atoms with E-state index in [1.165, 1.54) is 12.1 Å². The van der Waals surface area contributed by atoms with Crippen LogP contribution in [0.4, 0.5) is 17.1 Å². The standard InChI is InChI=1S/C16H17N3O3S/c1-11(17-12-6-5-7-13(10-12)23-2)16(20)18-14-8-3-4-9-15(14)19(21)22/h3-11,17H,1-2H3,(H,18,20)/t11-/m0/s1. The molecule has 7 heteroatoms. The summed E-state index contributed by atoms with van der Waals surface area (Å²) in [6.07, 6.45) is 1.98. The molecule has 0 aliphatic carbocycles. The summed E-state index contributed by atoms with van der Waals surface area (Å²) in [5.74, 6) is -0.339. The van der Waals surface area contributed by atoms with Gasteiger partial charge in [0.25, 0.3) is 5.69 Å². The van der Waals surface area contributed by atoms with E-state index in [2.05, 4.69) is 10.6 Å². The number of nitrogens with zero attached hydrogens (tertiary/aromatic N) is 1. The SMILES string of the molecule is CSc1cccc(N[C@@H](C)C(=O)Nc2ccccc2[N+](=O)[O-])c1. The van der Waals surface area contributed by atoms with Crippen molar-refractivity contribution in [3.63, 3.8) is 0 Å². The Labute approximate surface area is 138 Å². The van der Waals surface area contributed by atoms with Gasteiger partial charge in [-0.25, -0.2) is 0 Å². The highest BCUT2D eigenvalue weighted by Crippen LogP contribution is 2.24. The van der Waals surface area contributed by atoms with Crippen molar-refractivity contribution in [3.05, 3.63) is 58.6 Å².